The maximum Gasteiger partial charge on any atom is 0.231 e. The summed E-state index contributed by atoms with van der Waals surface area (Å²) in [5, 5.41) is 5.34. The number of anilines is 1. The summed E-state index contributed by atoms with van der Waals surface area (Å²) in [4.78, 5) is 12.8. The molecule has 3 aromatic carbocycles. The zero-order valence-electron chi connectivity index (χ0n) is 15.8. The molecule has 3 nitrogen and oxygen atoms in total. The smallest absolute Gasteiger partial charge is 0.231 e. The summed E-state index contributed by atoms with van der Waals surface area (Å²) in [6.07, 6.45) is 0.892. The van der Waals surface area contributed by atoms with Crippen LogP contribution in [0.1, 0.15) is 36.5 Å². The second-order valence-electron chi connectivity index (χ2n) is 6.65. The highest BCUT2D eigenvalue weighted by Crippen LogP contribution is 2.27. The van der Waals surface area contributed by atoms with Gasteiger partial charge < -0.3 is 10.1 Å². The Bertz CT molecular complexity index is 946. The van der Waals surface area contributed by atoms with Crippen LogP contribution in [0.15, 0.2) is 54.6 Å². The number of amides is 1. The number of hydrogen-bond donors (Lipinski definition) is 1. The molecule has 0 aliphatic rings. The van der Waals surface area contributed by atoms with Gasteiger partial charge >= 0.3 is 0 Å². The minimum Gasteiger partial charge on any atom is -0.497 e. The molecule has 0 aromatic heterocycles. The highest BCUT2D eigenvalue weighted by molar-refractivity contribution is 5.97. The first-order valence-electron chi connectivity index (χ1n) is 9.00. The SMILES string of the molecule is CCc1cccc(C)c1NC(=O)[C@@H](C)c1ccc2cc(OC)ccc2c1. The third kappa shape index (κ3) is 3.57. The van der Waals surface area contributed by atoms with Crippen molar-refractivity contribution in [1.82, 2.24) is 0 Å². The molecule has 0 bridgehead atoms. The first-order valence-corrected chi connectivity index (χ1v) is 9.00. The van der Waals surface area contributed by atoms with Gasteiger partial charge in [-0.3, -0.25) is 4.79 Å². The highest BCUT2D eigenvalue weighted by atomic mass is 16.5. The van der Waals surface area contributed by atoms with E-state index in [-0.39, 0.29) is 11.8 Å². The number of fused-ring (bicyclic) bond motifs is 1. The van der Waals surface area contributed by atoms with Crippen LogP contribution in [-0.2, 0) is 11.2 Å². The third-order valence-electron chi connectivity index (χ3n) is 4.95. The van der Waals surface area contributed by atoms with Crippen LogP contribution < -0.4 is 10.1 Å². The Morgan fingerprint density at radius 2 is 1.81 bits per heavy atom. The average Bonchev–Trinajstić information content (AvgIpc) is 2.67. The van der Waals surface area contributed by atoms with Gasteiger partial charge in [-0.1, -0.05) is 49.4 Å². The Labute approximate surface area is 155 Å². The molecule has 134 valence electrons. The van der Waals surface area contributed by atoms with Crippen molar-refractivity contribution in [2.24, 2.45) is 0 Å². The molecule has 0 radical (unpaired) electrons. The van der Waals surface area contributed by atoms with Crippen molar-refractivity contribution in [3.8, 4) is 5.75 Å². The number of hydrogen-bond acceptors (Lipinski definition) is 2. The number of para-hydroxylation sites is 1. The van der Waals surface area contributed by atoms with Crippen molar-refractivity contribution in [1.29, 1.82) is 0 Å². The molecule has 0 aliphatic heterocycles. The lowest BCUT2D eigenvalue weighted by Gasteiger charge is -2.17. The lowest BCUT2D eigenvalue weighted by Crippen LogP contribution is -2.20. The predicted octanol–water partition coefficient (Wildman–Crippen LogP) is 5.46. The van der Waals surface area contributed by atoms with Gasteiger partial charge in [0.25, 0.3) is 0 Å². The second-order valence-corrected chi connectivity index (χ2v) is 6.65. The first-order chi connectivity index (χ1) is 12.5. The second kappa shape index (κ2) is 7.61. The van der Waals surface area contributed by atoms with E-state index < -0.39 is 0 Å². The van der Waals surface area contributed by atoms with E-state index >= 15 is 0 Å². The number of benzene rings is 3. The number of rotatable bonds is 5. The fourth-order valence-electron chi connectivity index (χ4n) is 3.22. The third-order valence-corrected chi connectivity index (χ3v) is 4.95. The zero-order chi connectivity index (χ0) is 18.7. The number of aryl methyl sites for hydroxylation is 2. The van der Waals surface area contributed by atoms with Crippen molar-refractivity contribution in [3.05, 3.63) is 71.3 Å². The molecule has 0 heterocycles. The van der Waals surface area contributed by atoms with Crippen molar-refractivity contribution >= 4 is 22.4 Å². The van der Waals surface area contributed by atoms with E-state index in [0.717, 1.165) is 45.3 Å². The average molecular weight is 347 g/mol. The van der Waals surface area contributed by atoms with E-state index in [9.17, 15) is 4.79 Å². The topological polar surface area (TPSA) is 38.3 Å². The Morgan fingerprint density at radius 3 is 2.54 bits per heavy atom. The maximum absolute atomic E-state index is 12.8. The lowest BCUT2D eigenvalue weighted by atomic mass is 9.96. The molecule has 1 amide bonds. The Balaban J connectivity index is 1.86. The molecular formula is C23H25NO2. The van der Waals surface area contributed by atoms with Gasteiger partial charge in [0.05, 0.1) is 13.0 Å². The number of carbonyl (C=O) groups excluding carboxylic acids is 1. The van der Waals surface area contributed by atoms with Crippen LogP contribution in [0.25, 0.3) is 10.8 Å². The monoisotopic (exact) mass is 347 g/mol. The molecule has 3 aromatic rings. The number of carbonyl (C=O) groups is 1. The Morgan fingerprint density at radius 1 is 1.08 bits per heavy atom. The van der Waals surface area contributed by atoms with Crippen molar-refractivity contribution < 1.29 is 9.53 Å². The summed E-state index contributed by atoms with van der Waals surface area (Å²) in [7, 11) is 1.66. The number of ether oxygens (including phenoxy) is 1. The fraction of sp³-hybridized carbons (Fsp3) is 0.261. The first kappa shape index (κ1) is 18.0. The van der Waals surface area contributed by atoms with Crippen molar-refractivity contribution in [2.75, 3.05) is 12.4 Å². The Kier molecular flexibility index (Phi) is 5.27. The van der Waals surface area contributed by atoms with Gasteiger partial charge in [0.1, 0.15) is 5.75 Å². The molecule has 0 aliphatic carbocycles. The van der Waals surface area contributed by atoms with E-state index in [0.29, 0.717) is 0 Å². The Hall–Kier alpha value is -2.81. The van der Waals surface area contributed by atoms with Crippen LogP contribution in [0.3, 0.4) is 0 Å². The summed E-state index contributed by atoms with van der Waals surface area (Å²) < 4.78 is 5.27. The van der Waals surface area contributed by atoms with Crippen LogP contribution in [0.4, 0.5) is 5.69 Å². The van der Waals surface area contributed by atoms with Gasteiger partial charge in [-0.15, -0.1) is 0 Å². The predicted molar refractivity (Wildman–Crippen MR) is 108 cm³/mol. The number of nitrogens with one attached hydrogen (secondary N) is 1. The minimum atomic E-state index is -0.231. The normalized spacial score (nSPS) is 12.0. The lowest BCUT2D eigenvalue weighted by molar-refractivity contribution is -0.117. The standard InChI is InChI=1S/C23H25NO2/c1-5-17-8-6-7-15(2)22(17)24-23(25)16(3)18-9-10-20-14-21(26-4)12-11-19(20)13-18/h6-14,16H,5H2,1-4H3,(H,24,25)/t16-/m0/s1. The van der Waals surface area contributed by atoms with E-state index in [1.165, 1.54) is 0 Å². The summed E-state index contributed by atoms with van der Waals surface area (Å²) >= 11 is 0. The van der Waals surface area contributed by atoms with Crippen LogP contribution in [-0.4, -0.2) is 13.0 Å². The molecule has 0 spiro atoms. The molecule has 0 fully saturated rings. The van der Waals surface area contributed by atoms with Gasteiger partial charge in [0, 0.05) is 5.69 Å². The van der Waals surface area contributed by atoms with Crippen LogP contribution in [0.2, 0.25) is 0 Å². The van der Waals surface area contributed by atoms with Crippen molar-refractivity contribution in [3.63, 3.8) is 0 Å². The number of methoxy groups -OCH3 is 1. The molecule has 0 unspecified atom stereocenters. The van der Waals surface area contributed by atoms with Gasteiger partial charge in [0.2, 0.25) is 5.91 Å². The summed E-state index contributed by atoms with van der Waals surface area (Å²) in [6, 6.07) is 18.2. The highest BCUT2D eigenvalue weighted by Gasteiger charge is 2.17. The largest absolute Gasteiger partial charge is 0.497 e. The van der Waals surface area contributed by atoms with Crippen LogP contribution in [0, 0.1) is 6.92 Å². The molecular weight excluding hydrogens is 322 g/mol. The maximum atomic E-state index is 12.8. The fourth-order valence-corrected chi connectivity index (χ4v) is 3.22. The zero-order valence-corrected chi connectivity index (χ0v) is 15.8. The quantitative estimate of drug-likeness (QED) is 0.665. The van der Waals surface area contributed by atoms with E-state index in [4.69, 9.17) is 4.74 Å². The molecule has 1 N–H and O–H groups in total. The van der Waals surface area contributed by atoms with Crippen molar-refractivity contribution in [2.45, 2.75) is 33.1 Å². The molecule has 1 atom stereocenters. The van der Waals surface area contributed by atoms with E-state index in [2.05, 4.69) is 24.4 Å². The summed E-state index contributed by atoms with van der Waals surface area (Å²) in [6.45, 7) is 6.08. The molecule has 26 heavy (non-hydrogen) atoms. The van der Waals surface area contributed by atoms with E-state index in [1.807, 2.05) is 56.3 Å². The van der Waals surface area contributed by atoms with E-state index in [1.54, 1.807) is 7.11 Å². The summed E-state index contributed by atoms with van der Waals surface area (Å²) in [5.41, 5.74) is 4.20. The van der Waals surface area contributed by atoms with Gasteiger partial charge in [-0.25, -0.2) is 0 Å². The minimum absolute atomic E-state index is 0.0156. The van der Waals surface area contributed by atoms with Gasteiger partial charge in [0.15, 0.2) is 0 Å². The molecule has 0 saturated carbocycles. The van der Waals surface area contributed by atoms with Gasteiger partial charge in [-0.05, 0) is 59.9 Å². The van der Waals surface area contributed by atoms with Gasteiger partial charge in [-0.2, -0.15) is 0 Å². The molecule has 3 rings (SSSR count). The summed E-state index contributed by atoms with van der Waals surface area (Å²) in [5.74, 6) is 0.621. The molecule has 0 saturated heterocycles. The van der Waals surface area contributed by atoms with Crippen LogP contribution in [0.5, 0.6) is 5.75 Å². The molecule has 3 heteroatoms. The van der Waals surface area contributed by atoms with Crippen LogP contribution >= 0.6 is 0 Å².